The summed E-state index contributed by atoms with van der Waals surface area (Å²) < 4.78 is 0. The number of aryl methyl sites for hydroxylation is 1. The molecule has 0 bridgehead atoms. The van der Waals surface area contributed by atoms with Gasteiger partial charge in [-0.25, -0.2) is 9.97 Å². The average molecular weight is 310 g/mol. The summed E-state index contributed by atoms with van der Waals surface area (Å²) in [6.45, 7) is 2.89. The minimum atomic E-state index is 0.405. The third kappa shape index (κ3) is 3.69. The van der Waals surface area contributed by atoms with Gasteiger partial charge in [0.1, 0.15) is 16.1 Å². The monoisotopic (exact) mass is 309 g/mol. The van der Waals surface area contributed by atoms with Crippen molar-refractivity contribution < 1.29 is 0 Å². The minimum absolute atomic E-state index is 0.405. The standard InChI is InChI=1S/C15H17Cl2N3/c1-10-4-6-11(7-5-10)13-14(16)18-12(19-15(13)17)8-9-20(2)3/h4-7H,8-9H2,1-3H3. The quantitative estimate of drug-likeness (QED) is 0.803. The van der Waals surface area contributed by atoms with Crippen molar-refractivity contribution in [1.82, 2.24) is 14.9 Å². The molecule has 0 aliphatic rings. The first-order valence-electron chi connectivity index (χ1n) is 6.41. The van der Waals surface area contributed by atoms with E-state index in [0.29, 0.717) is 21.7 Å². The van der Waals surface area contributed by atoms with E-state index in [4.69, 9.17) is 23.2 Å². The van der Waals surface area contributed by atoms with Crippen LogP contribution < -0.4 is 0 Å². The molecule has 0 unspecified atom stereocenters. The molecule has 3 nitrogen and oxygen atoms in total. The number of hydrogen-bond donors (Lipinski definition) is 0. The Kier molecular flexibility index (Phi) is 4.97. The van der Waals surface area contributed by atoms with Crippen molar-refractivity contribution in [3.63, 3.8) is 0 Å². The van der Waals surface area contributed by atoms with Crippen molar-refractivity contribution in [2.24, 2.45) is 0 Å². The van der Waals surface area contributed by atoms with Gasteiger partial charge in [-0.15, -0.1) is 0 Å². The Balaban J connectivity index is 2.33. The first-order valence-corrected chi connectivity index (χ1v) is 7.16. The van der Waals surface area contributed by atoms with E-state index in [-0.39, 0.29) is 0 Å². The molecule has 0 spiro atoms. The summed E-state index contributed by atoms with van der Waals surface area (Å²) in [4.78, 5) is 10.8. The van der Waals surface area contributed by atoms with Gasteiger partial charge in [0.2, 0.25) is 0 Å². The van der Waals surface area contributed by atoms with E-state index in [2.05, 4.69) is 14.9 Å². The smallest absolute Gasteiger partial charge is 0.142 e. The van der Waals surface area contributed by atoms with Gasteiger partial charge in [-0.05, 0) is 26.6 Å². The van der Waals surface area contributed by atoms with Crippen LogP contribution in [0, 0.1) is 6.92 Å². The highest BCUT2D eigenvalue weighted by atomic mass is 35.5. The van der Waals surface area contributed by atoms with E-state index in [1.165, 1.54) is 5.56 Å². The highest BCUT2D eigenvalue weighted by Crippen LogP contribution is 2.32. The zero-order valence-corrected chi connectivity index (χ0v) is 13.3. The Morgan fingerprint density at radius 1 is 1.00 bits per heavy atom. The first-order chi connectivity index (χ1) is 9.47. The lowest BCUT2D eigenvalue weighted by Crippen LogP contribution is -2.16. The molecule has 0 aliphatic heterocycles. The fourth-order valence-corrected chi connectivity index (χ4v) is 2.48. The summed E-state index contributed by atoms with van der Waals surface area (Å²) in [7, 11) is 4.01. The topological polar surface area (TPSA) is 29.0 Å². The summed E-state index contributed by atoms with van der Waals surface area (Å²) >= 11 is 12.6. The molecular formula is C15H17Cl2N3. The molecule has 0 saturated carbocycles. The Labute approximate surface area is 129 Å². The number of rotatable bonds is 4. The van der Waals surface area contributed by atoms with Gasteiger partial charge in [0, 0.05) is 13.0 Å². The van der Waals surface area contributed by atoms with Crippen molar-refractivity contribution in [2.45, 2.75) is 13.3 Å². The maximum Gasteiger partial charge on any atom is 0.142 e. The number of halogens is 2. The largest absolute Gasteiger partial charge is 0.309 e. The van der Waals surface area contributed by atoms with Gasteiger partial charge in [0.25, 0.3) is 0 Å². The summed E-state index contributed by atoms with van der Waals surface area (Å²) in [6.07, 6.45) is 0.723. The molecule has 1 aromatic carbocycles. The van der Waals surface area contributed by atoms with Gasteiger partial charge >= 0.3 is 0 Å². The maximum atomic E-state index is 6.28. The molecule has 0 amide bonds. The third-order valence-corrected chi connectivity index (χ3v) is 3.54. The molecule has 106 valence electrons. The SMILES string of the molecule is Cc1ccc(-c2c(Cl)nc(CCN(C)C)nc2Cl)cc1. The summed E-state index contributed by atoms with van der Waals surface area (Å²) in [5, 5.41) is 0.810. The molecule has 0 N–H and O–H groups in total. The second-order valence-electron chi connectivity index (χ2n) is 5.02. The van der Waals surface area contributed by atoms with Gasteiger partial charge in [-0.2, -0.15) is 0 Å². The van der Waals surface area contributed by atoms with Crippen LogP contribution in [-0.4, -0.2) is 35.5 Å². The van der Waals surface area contributed by atoms with E-state index in [9.17, 15) is 0 Å². The fourth-order valence-electron chi connectivity index (χ4n) is 1.84. The lowest BCUT2D eigenvalue weighted by Gasteiger charge is -2.11. The second-order valence-corrected chi connectivity index (χ2v) is 5.73. The van der Waals surface area contributed by atoms with Crippen LogP contribution in [0.3, 0.4) is 0 Å². The van der Waals surface area contributed by atoms with E-state index in [1.54, 1.807) is 0 Å². The molecule has 0 radical (unpaired) electrons. The third-order valence-electron chi connectivity index (χ3n) is 2.99. The number of benzene rings is 1. The fraction of sp³-hybridized carbons (Fsp3) is 0.333. The first kappa shape index (κ1) is 15.2. The Bertz CT molecular complexity index is 572. The maximum absolute atomic E-state index is 6.28. The van der Waals surface area contributed by atoms with Gasteiger partial charge in [-0.1, -0.05) is 53.0 Å². The van der Waals surface area contributed by atoms with Gasteiger partial charge in [0.15, 0.2) is 0 Å². The van der Waals surface area contributed by atoms with Crippen molar-refractivity contribution >= 4 is 23.2 Å². The van der Waals surface area contributed by atoms with Crippen LogP contribution in [0.25, 0.3) is 11.1 Å². The van der Waals surface area contributed by atoms with Gasteiger partial charge in [-0.3, -0.25) is 0 Å². The highest BCUT2D eigenvalue weighted by Gasteiger charge is 2.13. The molecule has 0 aliphatic carbocycles. The lowest BCUT2D eigenvalue weighted by molar-refractivity contribution is 0.409. The Morgan fingerprint density at radius 3 is 2.05 bits per heavy atom. The van der Waals surface area contributed by atoms with E-state index in [1.807, 2.05) is 45.3 Å². The second kappa shape index (κ2) is 6.53. The number of hydrogen-bond acceptors (Lipinski definition) is 3. The molecule has 0 fully saturated rings. The Morgan fingerprint density at radius 2 is 1.55 bits per heavy atom. The van der Waals surface area contributed by atoms with Crippen LogP contribution in [0.4, 0.5) is 0 Å². The summed E-state index contributed by atoms with van der Waals surface area (Å²) in [5.74, 6) is 0.671. The minimum Gasteiger partial charge on any atom is -0.309 e. The predicted octanol–water partition coefficient (Wildman–Crippen LogP) is 3.86. The predicted molar refractivity (Wildman–Crippen MR) is 84.5 cm³/mol. The number of aromatic nitrogens is 2. The van der Waals surface area contributed by atoms with Crippen LogP contribution in [0.15, 0.2) is 24.3 Å². The van der Waals surface area contributed by atoms with Gasteiger partial charge in [0.05, 0.1) is 5.56 Å². The van der Waals surface area contributed by atoms with Crippen LogP contribution in [0.1, 0.15) is 11.4 Å². The number of nitrogens with zero attached hydrogens (tertiary/aromatic N) is 3. The zero-order chi connectivity index (χ0) is 14.7. The molecule has 20 heavy (non-hydrogen) atoms. The van der Waals surface area contributed by atoms with E-state index < -0.39 is 0 Å². The summed E-state index contributed by atoms with van der Waals surface area (Å²) in [5.41, 5.74) is 2.82. The zero-order valence-electron chi connectivity index (χ0n) is 11.8. The van der Waals surface area contributed by atoms with Crippen LogP contribution >= 0.6 is 23.2 Å². The van der Waals surface area contributed by atoms with Crippen LogP contribution in [-0.2, 0) is 6.42 Å². The van der Waals surface area contributed by atoms with Crippen molar-refractivity contribution in [3.05, 3.63) is 46.0 Å². The molecule has 2 rings (SSSR count). The van der Waals surface area contributed by atoms with Crippen molar-refractivity contribution in [2.75, 3.05) is 20.6 Å². The molecule has 0 saturated heterocycles. The molecule has 2 aromatic rings. The molecular weight excluding hydrogens is 293 g/mol. The molecule has 1 heterocycles. The van der Waals surface area contributed by atoms with E-state index >= 15 is 0 Å². The molecule has 5 heteroatoms. The molecule has 1 aromatic heterocycles. The van der Waals surface area contributed by atoms with E-state index in [0.717, 1.165) is 18.5 Å². The van der Waals surface area contributed by atoms with Crippen molar-refractivity contribution in [1.29, 1.82) is 0 Å². The van der Waals surface area contributed by atoms with Crippen LogP contribution in [0.5, 0.6) is 0 Å². The van der Waals surface area contributed by atoms with Crippen molar-refractivity contribution in [3.8, 4) is 11.1 Å². The molecule has 0 atom stereocenters. The lowest BCUT2D eigenvalue weighted by atomic mass is 10.1. The van der Waals surface area contributed by atoms with Gasteiger partial charge < -0.3 is 4.90 Å². The summed E-state index contributed by atoms with van der Waals surface area (Å²) in [6, 6.07) is 7.99. The van der Waals surface area contributed by atoms with Crippen LogP contribution in [0.2, 0.25) is 10.3 Å². The number of likely N-dealkylation sites (N-methyl/N-ethyl adjacent to an activating group) is 1. The highest BCUT2D eigenvalue weighted by molar-refractivity contribution is 6.37. The normalized spacial score (nSPS) is 11.1. The Hall–Kier alpha value is -1.16. The average Bonchev–Trinajstić information content (AvgIpc) is 2.38.